The molecule has 0 aromatic carbocycles. The molecule has 0 atom stereocenters. The largest absolute Gasteiger partial charge is 0.423 e. The van der Waals surface area contributed by atoms with Crippen molar-refractivity contribution in [3.8, 4) is 0 Å². The SMILES string of the molecule is CC[B-](CC)(n1cccn1)n1cccn1. The summed E-state index contributed by atoms with van der Waals surface area (Å²) in [5.74, 6) is 0. The van der Waals surface area contributed by atoms with Crippen molar-refractivity contribution in [3.63, 3.8) is 0 Å². The van der Waals surface area contributed by atoms with Crippen LogP contribution >= 0.6 is 0 Å². The molecule has 0 spiro atoms. The highest BCUT2D eigenvalue weighted by Gasteiger charge is 2.26. The molecule has 5 heteroatoms. The van der Waals surface area contributed by atoms with Crippen molar-refractivity contribution in [2.45, 2.75) is 26.5 Å². The highest BCUT2D eigenvalue weighted by Crippen LogP contribution is 2.18. The number of aromatic nitrogens is 4. The van der Waals surface area contributed by atoms with Gasteiger partial charge in [-0.3, -0.25) is 0 Å². The third-order valence-electron chi connectivity index (χ3n) is 3.34. The zero-order chi connectivity index (χ0) is 10.7. The zero-order valence-electron chi connectivity index (χ0n) is 9.24. The summed E-state index contributed by atoms with van der Waals surface area (Å²) < 4.78 is 4.10. The lowest BCUT2D eigenvalue weighted by molar-refractivity contribution is 0.786. The average Bonchev–Trinajstić information content (AvgIpc) is 2.92. The highest BCUT2D eigenvalue weighted by molar-refractivity contribution is 6.76. The molecule has 2 aromatic rings. The van der Waals surface area contributed by atoms with Gasteiger partial charge in [0.25, 0.3) is 0 Å². The predicted octanol–water partition coefficient (Wildman–Crippen LogP) is 1.96. The summed E-state index contributed by atoms with van der Waals surface area (Å²) in [6.45, 7) is 4.37. The fraction of sp³-hybridized carbons (Fsp3) is 0.400. The fourth-order valence-corrected chi connectivity index (χ4v) is 2.29. The Morgan fingerprint density at radius 2 is 1.40 bits per heavy atom. The van der Waals surface area contributed by atoms with Gasteiger partial charge in [0, 0.05) is 12.4 Å². The fourth-order valence-electron chi connectivity index (χ4n) is 2.29. The molecule has 0 aliphatic rings. The van der Waals surface area contributed by atoms with E-state index in [4.69, 9.17) is 0 Å². The number of hydrogen-bond donors (Lipinski definition) is 0. The van der Waals surface area contributed by atoms with E-state index in [1.165, 1.54) is 0 Å². The van der Waals surface area contributed by atoms with Crippen molar-refractivity contribution in [2.75, 3.05) is 0 Å². The van der Waals surface area contributed by atoms with E-state index >= 15 is 0 Å². The molecule has 0 unspecified atom stereocenters. The Morgan fingerprint density at radius 1 is 0.933 bits per heavy atom. The number of nitrogens with zero attached hydrogens (tertiary/aromatic N) is 4. The second-order valence-electron chi connectivity index (χ2n) is 3.92. The van der Waals surface area contributed by atoms with Crippen LogP contribution in [0.2, 0.25) is 12.6 Å². The van der Waals surface area contributed by atoms with E-state index in [2.05, 4.69) is 24.0 Å². The summed E-state index contributed by atoms with van der Waals surface area (Å²) in [4.78, 5) is 0. The lowest BCUT2D eigenvalue weighted by atomic mass is 9.42. The first-order valence-electron chi connectivity index (χ1n) is 5.51. The smallest absolute Gasteiger partial charge is 0.226 e. The molecule has 4 nitrogen and oxygen atoms in total. The Morgan fingerprint density at radius 3 is 1.67 bits per heavy atom. The molecule has 0 aliphatic heterocycles. The molecule has 0 bridgehead atoms. The Kier molecular flexibility index (Phi) is 2.62. The number of hydrogen-bond acceptors (Lipinski definition) is 2. The van der Waals surface area contributed by atoms with Gasteiger partial charge in [0.2, 0.25) is 6.42 Å². The van der Waals surface area contributed by atoms with Gasteiger partial charge in [-0.15, -0.1) is 12.6 Å². The first kappa shape index (κ1) is 10.0. The van der Waals surface area contributed by atoms with Gasteiger partial charge in [-0.05, 0) is 24.5 Å². The monoisotopic (exact) mass is 203 g/mol. The molecule has 2 heterocycles. The van der Waals surface area contributed by atoms with E-state index in [1.54, 1.807) is 0 Å². The molecule has 2 aromatic heterocycles. The summed E-state index contributed by atoms with van der Waals surface area (Å²) in [7, 11) is 0. The van der Waals surface area contributed by atoms with E-state index < -0.39 is 6.42 Å². The maximum absolute atomic E-state index is 4.37. The van der Waals surface area contributed by atoms with Crippen molar-refractivity contribution in [1.82, 2.24) is 19.4 Å². The van der Waals surface area contributed by atoms with E-state index in [0.29, 0.717) is 0 Å². The molecule has 0 N–H and O–H groups in total. The lowest BCUT2D eigenvalue weighted by Gasteiger charge is -2.39. The molecule has 0 aliphatic carbocycles. The second kappa shape index (κ2) is 3.92. The Bertz CT molecular complexity index is 353. The van der Waals surface area contributed by atoms with Crippen LogP contribution in [-0.4, -0.2) is 25.8 Å². The molecular weight excluding hydrogens is 187 g/mol. The minimum atomic E-state index is -0.889. The predicted molar refractivity (Wildman–Crippen MR) is 62.0 cm³/mol. The molecule has 0 fully saturated rings. The molecule has 0 radical (unpaired) electrons. The van der Waals surface area contributed by atoms with Gasteiger partial charge in [0.1, 0.15) is 0 Å². The molecule has 0 saturated heterocycles. The van der Waals surface area contributed by atoms with Crippen molar-refractivity contribution >= 4 is 6.42 Å². The third-order valence-corrected chi connectivity index (χ3v) is 3.34. The maximum atomic E-state index is 4.37. The van der Waals surface area contributed by atoms with E-state index in [-0.39, 0.29) is 0 Å². The number of rotatable bonds is 4. The zero-order valence-corrected chi connectivity index (χ0v) is 9.24. The quantitative estimate of drug-likeness (QED) is 0.712. The Balaban J connectivity index is 2.50. The topological polar surface area (TPSA) is 35.6 Å². The van der Waals surface area contributed by atoms with Crippen LogP contribution in [0.4, 0.5) is 0 Å². The summed E-state index contributed by atoms with van der Waals surface area (Å²) in [5, 5.41) is 8.74. The van der Waals surface area contributed by atoms with Gasteiger partial charge in [-0.2, -0.15) is 0 Å². The Labute approximate surface area is 89.9 Å². The second-order valence-corrected chi connectivity index (χ2v) is 3.92. The summed E-state index contributed by atoms with van der Waals surface area (Å²) >= 11 is 0. The summed E-state index contributed by atoms with van der Waals surface area (Å²) in [6.07, 6.45) is 8.86. The average molecular weight is 203 g/mol. The van der Waals surface area contributed by atoms with Crippen LogP contribution in [0.25, 0.3) is 0 Å². The van der Waals surface area contributed by atoms with Gasteiger partial charge in [-0.1, -0.05) is 13.8 Å². The van der Waals surface area contributed by atoms with Crippen molar-refractivity contribution in [2.24, 2.45) is 0 Å². The third kappa shape index (κ3) is 1.48. The van der Waals surface area contributed by atoms with Gasteiger partial charge >= 0.3 is 0 Å². The molecule has 0 saturated carbocycles. The summed E-state index contributed by atoms with van der Waals surface area (Å²) in [5.41, 5.74) is 0. The van der Waals surface area contributed by atoms with Crippen LogP contribution in [0.1, 0.15) is 13.8 Å². The molecule has 80 valence electrons. The minimum absolute atomic E-state index is 0.889. The van der Waals surface area contributed by atoms with Crippen LogP contribution in [-0.2, 0) is 0 Å². The van der Waals surface area contributed by atoms with Crippen LogP contribution in [0.3, 0.4) is 0 Å². The van der Waals surface area contributed by atoms with Crippen LogP contribution in [0, 0.1) is 0 Å². The van der Waals surface area contributed by atoms with Crippen molar-refractivity contribution in [1.29, 1.82) is 0 Å². The van der Waals surface area contributed by atoms with E-state index in [9.17, 15) is 0 Å². The molecular formula is C10H16BN4-. The van der Waals surface area contributed by atoms with Gasteiger partial charge < -0.3 is 9.19 Å². The molecule has 2 rings (SSSR count). The first-order valence-corrected chi connectivity index (χ1v) is 5.51. The minimum Gasteiger partial charge on any atom is -0.423 e. The van der Waals surface area contributed by atoms with Crippen molar-refractivity contribution < 1.29 is 0 Å². The van der Waals surface area contributed by atoms with Crippen LogP contribution < -0.4 is 0 Å². The van der Waals surface area contributed by atoms with E-state index in [0.717, 1.165) is 12.6 Å². The summed E-state index contributed by atoms with van der Waals surface area (Å²) in [6, 6.07) is 3.93. The van der Waals surface area contributed by atoms with Crippen LogP contribution in [0.15, 0.2) is 36.9 Å². The van der Waals surface area contributed by atoms with Crippen molar-refractivity contribution in [3.05, 3.63) is 36.9 Å². The normalized spacial score (nSPS) is 11.9. The molecule has 0 amide bonds. The van der Waals surface area contributed by atoms with Gasteiger partial charge in [-0.25, -0.2) is 10.2 Å². The van der Waals surface area contributed by atoms with Gasteiger partial charge in [0.05, 0.1) is 0 Å². The van der Waals surface area contributed by atoms with E-state index in [1.807, 2.05) is 46.1 Å². The first-order chi connectivity index (χ1) is 7.33. The molecule has 15 heavy (non-hydrogen) atoms. The lowest BCUT2D eigenvalue weighted by Crippen LogP contribution is -2.50. The maximum Gasteiger partial charge on any atom is 0.226 e. The van der Waals surface area contributed by atoms with Gasteiger partial charge in [0.15, 0.2) is 0 Å². The standard InChI is InChI=1S/C10H16BN4/c1-3-11(4-2,14-9-5-7-12-14)15-10-6-8-13-15/h5-10H,3-4H2,1-2H3/q-1. The highest BCUT2D eigenvalue weighted by atomic mass is 15.4. The Hall–Kier alpha value is -1.52. The van der Waals surface area contributed by atoms with Crippen LogP contribution in [0.5, 0.6) is 0 Å².